The van der Waals surface area contributed by atoms with Crippen molar-refractivity contribution >= 4 is 0 Å². The summed E-state index contributed by atoms with van der Waals surface area (Å²) in [6, 6.07) is 5.16. The molecule has 1 aliphatic rings. The smallest absolute Gasteiger partial charge is 0.0406 e. The molecule has 2 rings (SSSR count). The highest BCUT2D eigenvalue weighted by atomic mass is 14.9. The standard InChI is InChI=1S/C16H26N2/c1-4-13-6-8-15(18-11-13)10-14-7-9-16(12(14)3)17-5-2/h6,8,11-12,14,16-17H,4-5,7,9-10H2,1-3H3. The van der Waals surface area contributed by atoms with Gasteiger partial charge >= 0.3 is 0 Å². The van der Waals surface area contributed by atoms with Gasteiger partial charge in [0.05, 0.1) is 0 Å². The lowest BCUT2D eigenvalue weighted by molar-refractivity contribution is 0.353. The number of pyridine rings is 1. The molecule has 0 amide bonds. The summed E-state index contributed by atoms with van der Waals surface area (Å²) in [6.07, 6.45) is 6.93. The van der Waals surface area contributed by atoms with Crippen molar-refractivity contribution < 1.29 is 0 Å². The quantitative estimate of drug-likeness (QED) is 0.863. The van der Waals surface area contributed by atoms with Crippen LogP contribution in [0, 0.1) is 11.8 Å². The fraction of sp³-hybridized carbons (Fsp3) is 0.688. The summed E-state index contributed by atoms with van der Waals surface area (Å²) in [5, 5.41) is 3.61. The van der Waals surface area contributed by atoms with Crippen LogP contribution >= 0.6 is 0 Å². The van der Waals surface area contributed by atoms with Crippen LogP contribution in [0.2, 0.25) is 0 Å². The Balaban J connectivity index is 1.93. The molecule has 3 atom stereocenters. The van der Waals surface area contributed by atoms with E-state index in [0.29, 0.717) is 0 Å². The third kappa shape index (κ3) is 3.11. The SMILES string of the molecule is CCNC1CCC(Cc2ccc(CC)cn2)C1C. The molecule has 0 radical (unpaired) electrons. The number of hydrogen-bond donors (Lipinski definition) is 1. The fourth-order valence-corrected chi connectivity index (χ4v) is 3.14. The third-order valence-electron chi connectivity index (χ3n) is 4.46. The van der Waals surface area contributed by atoms with Crippen LogP contribution in [0.25, 0.3) is 0 Å². The first kappa shape index (κ1) is 13.5. The minimum absolute atomic E-state index is 0.718. The van der Waals surface area contributed by atoms with Gasteiger partial charge in [-0.05, 0) is 55.7 Å². The maximum atomic E-state index is 4.60. The molecule has 0 aliphatic heterocycles. The monoisotopic (exact) mass is 246 g/mol. The van der Waals surface area contributed by atoms with Crippen molar-refractivity contribution in [1.29, 1.82) is 0 Å². The molecule has 1 aromatic rings. The van der Waals surface area contributed by atoms with Gasteiger partial charge in [0, 0.05) is 17.9 Å². The van der Waals surface area contributed by atoms with Gasteiger partial charge in [-0.1, -0.05) is 26.8 Å². The zero-order chi connectivity index (χ0) is 13.0. The Morgan fingerprint density at radius 3 is 2.72 bits per heavy atom. The molecule has 0 spiro atoms. The van der Waals surface area contributed by atoms with E-state index >= 15 is 0 Å². The van der Waals surface area contributed by atoms with Gasteiger partial charge in [-0.15, -0.1) is 0 Å². The number of nitrogens with one attached hydrogen (secondary N) is 1. The Labute approximate surface area is 111 Å². The molecule has 1 fully saturated rings. The highest BCUT2D eigenvalue weighted by Gasteiger charge is 2.32. The lowest BCUT2D eigenvalue weighted by Crippen LogP contribution is -2.32. The van der Waals surface area contributed by atoms with Crippen LogP contribution in [0.4, 0.5) is 0 Å². The zero-order valence-electron chi connectivity index (χ0n) is 11.9. The van der Waals surface area contributed by atoms with Crippen LogP contribution < -0.4 is 5.32 Å². The van der Waals surface area contributed by atoms with E-state index in [2.05, 4.69) is 43.2 Å². The van der Waals surface area contributed by atoms with Crippen molar-refractivity contribution in [2.24, 2.45) is 11.8 Å². The zero-order valence-corrected chi connectivity index (χ0v) is 11.9. The van der Waals surface area contributed by atoms with Crippen molar-refractivity contribution in [2.75, 3.05) is 6.54 Å². The van der Waals surface area contributed by atoms with E-state index in [4.69, 9.17) is 0 Å². The number of aromatic nitrogens is 1. The van der Waals surface area contributed by atoms with Crippen molar-refractivity contribution in [3.8, 4) is 0 Å². The van der Waals surface area contributed by atoms with Gasteiger partial charge < -0.3 is 5.32 Å². The van der Waals surface area contributed by atoms with E-state index in [0.717, 1.165) is 37.3 Å². The topological polar surface area (TPSA) is 24.9 Å². The maximum Gasteiger partial charge on any atom is 0.0406 e. The Morgan fingerprint density at radius 2 is 2.11 bits per heavy atom. The summed E-state index contributed by atoms with van der Waals surface area (Å²) in [5.41, 5.74) is 2.60. The fourth-order valence-electron chi connectivity index (χ4n) is 3.14. The highest BCUT2D eigenvalue weighted by Crippen LogP contribution is 2.33. The van der Waals surface area contributed by atoms with E-state index in [-0.39, 0.29) is 0 Å². The lowest BCUT2D eigenvalue weighted by Gasteiger charge is -2.21. The molecular weight excluding hydrogens is 220 g/mol. The summed E-state index contributed by atoms with van der Waals surface area (Å²) in [4.78, 5) is 4.60. The second kappa shape index (κ2) is 6.33. The van der Waals surface area contributed by atoms with Gasteiger partial charge in [0.2, 0.25) is 0 Å². The average molecular weight is 246 g/mol. The second-order valence-electron chi connectivity index (χ2n) is 5.58. The summed E-state index contributed by atoms with van der Waals surface area (Å²) in [7, 11) is 0. The molecule has 1 heterocycles. The van der Waals surface area contributed by atoms with Crippen LogP contribution in [0.5, 0.6) is 0 Å². The van der Waals surface area contributed by atoms with Crippen LogP contribution in [-0.2, 0) is 12.8 Å². The Bertz CT molecular complexity index is 358. The van der Waals surface area contributed by atoms with Crippen molar-refractivity contribution in [1.82, 2.24) is 10.3 Å². The largest absolute Gasteiger partial charge is 0.314 e. The molecule has 0 bridgehead atoms. The van der Waals surface area contributed by atoms with Gasteiger partial charge in [-0.25, -0.2) is 0 Å². The number of aryl methyl sites for hydroxylation is 1. The summed E-state index contributed by atoms with van der Waals surface area (Å²) in [6.45, 7) is 7.86. The average Bonchev–Trinajstić information content (AvgIpc) is 2.73. The number of rotatable bonds is 5. The first-order valence-corrected chi connectivity index (χ1v) is 7.41. The molecule has 2 nitrogen and oxygen atoms in total. The van der Waals surface area contributed by atoms with E-state index in [9.17, 15) is 0 Å². The van der Waals surface area contributed by atoms with Crippen LogP contribution in [-0.4, -0.2) is 17.6 Å². The highest BCUT2D eigenvalue weighted by molar-refractivity contribution is 5.14. The van der Waals surface area contributed by atoms with Crippen LogP contribution in [0.1, 0.15) is 44.9 Å². The van der Waals surface area contributed by atoms with Gasteiger partial charge in [0.1, 0.15) is 0 Å². The minimum atomic E-state index is 0.718. The van der Waals surface area contributed by atoms with E-state index in [1.165, 1.54) is 24.1 Å². The number of hydrogen-bond acceptors (Lipinski definition) is 2. The Morgan fingerprint density at radius 1 is 1.28 bits per heavy atom. The van der Waals surface area contributed by atoms with Crippen LogP contribution in [0.15, 0.2) is 18.3 Å². The second-order valence-corrected chi connectivity index (χ2v) is 5.58. The van der Waals surface area contributed by atoms with Crippen molar-refractivity contribution in [3.63, 3.8) is 0 Å². The van der Waals surface area contributed by atoms with E-state index < -0.39 is 0 Å². The van der Waals surface area contributed by atoms with Gasteiger partial charge in [0.15, 0.2) is 0 Å². The normalized spacial score (nSPS) is 27.6. The van der Waals surface area contributed by atoms with Crippen molar-refractivity contribution in [3.05, 3.63) is 29.6 Å². The molecular formula is C16H26N2. The molecule has 3 unspecified atom stereocenters. The van der Waals surface area contributed by atoms with Gasteiger partial charge in [-0.3, -0.25) is 4.98 Å². The predicted octanol–water partition coefficient (Wildman–Crippen LogP) is 3.21. The summed E-state index contributed by atoms with van der Waals surface area (Å²) < 4.78 is 0. The Kier molecular flexibility index (Phi) is 4.76. The van der Waals surface area contributed by atoms with Crippen molar-refractivity contribution in [2.45, 2.75) is 52.5 Å². The molecule has 1 aliphatic carbocycles. The summed E-state index contributed by atoms with van der Waals surface area (Å²) in [5.74, 6) is 1.58. The Hall–Kier alpha value is -0.890. The molecule has 1 N–H and O–H groups in total. The van der Waals surface area contributed by atoms with Gasteiger partial charge in [0.25, 0.3) is 0 Å². The van der Waals surface area contributed by atoms with Crippen LogP contribution in [0.3, 0.4) is 0 Å². The lowest BCUT2D eigenvalue weighted by atomic mass is 9.91. The molecule has 0 aromatic carbocycles. The predicted molar refractivity (Wildman–Crippen MR) is 76.7 cm³/mol. The third-order valence-corrected chi connectivity index (χ3v) is 4.46. The molecule has 2 heteroatoms. The molecule has 100 valence electrons. The molecule has 18 heavy (non-hydrogen) atoms. The maximum absolute atomic E-state index is 4.60. The van der Waals surface area contributed by atoms with Gasteiger partial charge in [-0.2, -0.15) is 0 Å². The first-order chi connectivity index (χ1) is 8.74. The molecule has 1 saturated carbocycles. The summed E-state index contributed by atoms with van der Waals surface area (Å²) >= 11 is 0. The minimum Gasteiger partial charge on any atom is -0.314 e. The first-order valence-electron chi connectivity index (χ1n) is 7.41. The van der Waals surface area contributed by atoms with E-state index in [1.807, 2.05) is 6.20 Å². The molecule has 0 saturated heterocycles. The molecule has 1 aromatic heterocycles. The number of nitrogens with zero attached hydrogens (tertiary/aromatic N) is 1. The van der Waals surface area contributed by atoms with E-state index in [1.54, 1.807) is 0 Å².